The Morgan fingerprint density at radius 2 is 1.72 bits per heavy atom. The molecule has 1 unspecified atom stereocenters. The summed E-state index contributed by atoms with van der Waals surface area (Å²) in [6.45, 7) is 10.8. The molecule has 1 aliphatic rings. The van der Waals surface area contributed by atoms with Gasteiger partial charge in [-0.25, -0.2) is 0 Å². The second-order valence-electron chi connectivity index (χ2n) is 5.30. The fourth-order valence-electron chi connectivity index (χ4n) is 2.89. The van der Waals surface area contributed by atoms with Gasteiger partial charge in [-0.15, -0.1) is 0 Å². The highest BCUT2D eigenvalue weighted by Crippen LogP contribution is 2.39. The van der Waals surface area contributed by atoms with Crippen LogP contribution in [0.3, 0.4) is 0 Å². The van der Waals surface area contributed by atoms with Gasteiger partial charge in [0.05, 0.1) is 0 Å². The van der Waals surface area contributed by atoms with Crippen molar-refractivity contribution in [2.75, 3.05) is 0 Å². The summed E-state index contributed by atoms with van der Waals surface area (Å²) in [5.74, 6) is 0.411. The highest BCUT2D eigenvalue weighted by atomic mass is 14.2. The molecule has 1 aliphatic carbocycles. The van der Waals surface area contributed by atoms with Crippen molar-refractivity contribution in [3.8, 4) is 0 Å². The van der Waals surface area contributed by atoms with Gasteiger partial charge < -0.3 is 0 Å². The Labute approximate surface area is 109 Å². The SMILES string of the molecule is C=C1C=Cc2ccc3ccc(C)c(C)c3c2C1C. The van der Waals surface area contributed by atoms with Crippen LogP contribution in [-0.4, -0.2) is 0 Å². The predicted octanol–water partition coefficient (Wildman–Crippen LogP) is 5.14. The van der Waals surface area contributed by atoms with E-state index in [4.69, 9.17) is 0 Å². The minimum absolute atomic E-state index is 0.411. The molecule has 0 nitrogen and oxygen atoms in total. The number of allylic oxidation sites excluding steroid dienone is 2. The number of aryl methyl sites for hydroxylation is 2. The summed E-state index contributed by atoms with van der Waals surface area (Å²) in [5.41, 5.74) is 6.76. The topological polar surface area (TPSA) is 0 Å². The maximum Gasteiger partial charge on any atom is 0.00673 e. The van der Waals surface area contributed by atoms with E-state index in [1.165, 1.54) is 38.6 Å². The number of rotatable bonds is 0. The zero-order valence-corrected chi connectivity index (χ0v) is 11.2. The van der Waals surface area contributed by atoms with E-state index in [2.05, 4.69) is 63.8 Å². The maximum absolute atomic E-state index is 4.17. The third-order valence-corrected chi connectivity index (χ3v) is 4.26. The zero-order valence-electron chi connectivity index (χ0n) is 11.2. The Kier molecular flexibility index (Phi) is 2.41. The highest BCUT2D eigenvalue weighted by Gasteiger charge is 2.19. The lowest BCUT2D eigenvalue weighted by atomic mass is 9.80. The van der Waals surface area contributed by atoms with Gasteiger partial charge in [0.15, 0.2) is 0 Å². The van der Waals surface area contributed by atoms with Crippen molar-refractivity contribution in [2.24, 2.45) is 0 Å². The maximum atomic E-state index is 4.17. The molecule has 0 saturated heterocycles. The second kappa shape index (κ2) is 3.84. The Morgan fingerprint density at radius 3 is 2.50 bits per heavy atom. The average Bonchev–Trinajstić information content (AvgIpc) is 2.38. The van der Waals surface area contributed by atoms with Gasteiger partial charge >= 0.3 is 0 Å². The first kappa shape index (κ1) is 11.3. The van der Waals surface area contributed by atoms with E-state index in [1.54, 1.807) is 0 Å². The molecule has 18 heavy (non-hydrogen) atoms. The summed E-state index contributed by atoms with van der Waals surface area (Å²) in [4.78, 5) is 0. The van der Waals surface area contributed by atoms with Crippen molar-refractivity contribution >= 4 is 16.8 Å². The first-order valence-corrected chi connectivity index (χ1v) is 6.49. The van der Waals surface area contributed by atoms with Gasteiger partial charge in [0.2, 0.25) is 0 Å². The van der Waals surface area contributed by atoms with E-state index in [0.29, 0.717) is 5.92 Å². The van der Waals surface area contributed by atoms with Crippen LogP contribution in [-0.2, 0) is 0 Å². The molecule has 0 aliphatic heterocycles. The van der Waals surface area contributed by atoms with Crippen LogP contribution in [0.15, 0.2) is 42.5 Å². The summed E-state index contributed by atoms with van der Waals surface area (Å²) in [6, 6.07) is 8.89. The number of benzene rings is 2. The van der Waals surface area contributed by atoms with E-state index < -0.39 is 0 Å². The molecule has 90 valence electrons. The summed E-state index contributed by atoms with van der Waals surface area (Å²) in [5, 5.41) is 2.76. The normalized spacial score (nSPS) is 18.2. The number of hydrogen-bond acceptors (Lipinski definition) is 0. The van der Waals surface area contributed by atoms with Gasteiger partial charge in [-0.05, 0) is 52.4 Å². The monoisotopic (exact) mass is 234 g/mol. The first-order valence-electron chi connectivity index (χ1n) is 6.49. The highest BCUT2D eigenvalue weighted by molar-refractivity contribution is 5.94. The Morgan fingerprint density at radius 1 is 1.00 bits per heavy atom. The van der Waals surface area contributed by atoms with Crippen LogP contribution >= 0.6 is 0 Å². The first-order chi connectivity index (χ1) is 8.59. The van der Waals surface area contributed by atoms with Crippen LogP contribution in [0.5, 0.6) is 0 Å². The van der Waals surface area contributed by atoms with Crippen molar-refractivity contribution in [3.05, 3.63) is 64.7 Å². The molecule has 2 aromatic carbocycles. The van der Waals surface area contributed by atoms with Gasteiger partial charge in [0.25, 0.3) is 0 Å². The van der Waals surface area contributed by atoms with Gasteiger partial charge in [-0.1, -0.05) is 49.9 Å². The quantitative estimate of drug-likeness (QED) is 0.592. The predicted molar refractivity (Wildman–Crippen MR) is 80.0 cm³/mol. The van der Waals surface area contributed by atoms with Crippen molar-refractivity contribution in [3.63, 3.8) is 0 Å². The lowest BCUT2D eigenvalue weighted by molar-refractivity contribution is 0.925. The van der Waals surface area contributed by atoms with Crippen LogP contribution in [0.25, 0.3) is 16.8 Å². The van der Waals surface area contributed by atoms with Crippen molar-refractivity contribution in [2.45, 2.75) is 26.7 Å². The molecule has 0 bridgehead atoms. The Bertz CT molecular complexity index is 687. The molecule has 0 heteroatoms. The minimum atomic E-state index is 0.411. The lowest BCUT2D eigenvalue weighted by Gasteiger charge is -2.23. The van der Waals surface area contributed by atoms with Crippen molar-refractivity contribution in [1.82, 2.24) is 0 Å². The van der Waals surface area contributed by atoms with Gasteiger partial charge in [-0.3, -0.25) is 0 Å². The Hall–Kier alpha value is -1.82. The van der Waals surface area contributed by atoms with Crippen molar-refractivity contribution in [1.29, 1.82) is 0 Å². The molecule has 0 fully saturated rings. The molecule has 0 saturated carbocycles. The lowest BCUT2D eigenvalue weighted by Crippen LogP contribution is -2.04. The van der Waals surface area contributed by atoms with E-state index in [9.17, 15) is 0 Å². The third-order valence-electron chi connectivity index (χ3n) is 4.26. The van der Waals surface area contributed by atoms with Crippen LogP contribution in [0, 0.1) is 13.8 Å². The molecule has 0 aromatic heterocycles. The second-order valence-corrected chi connectivity index (χ2v) is 5.30. The van der Waals surface area contributed by atoms with Crippen molar-refractivity contribution < 1.29 is 0 Å². The van der Waals surface area contributed by atoms with Crippen LogP contribution in [0.2, 0.25) is 0 Å². The minimum Gasteiger partial charge on any atom is -0.0952 e. The average molecular weight is 234 g/mol. The van der Waals surface area contributed by atoms with E-state index >= 15 is 0 Å². The molecule has 2 aromatic rings. The van der Waals surface area contributed by atoms with E-state index in [-0.39, 0.29) is 0 Å². The molecule has 3 rings (SSSR count). The largest absolute Gasteiger partial charge is 0.0952 e. The van der Waals surface area contributed by atoms with Gasteiger partial charge in [-0.2, -0.15) is 0 Å². The van der Waals surface area contributed by atoms with Gasteiger partial charge in [0.1, 0.15) is 0 Å². The zero-order chi connectivity index (χ0) is 12.9. The van der Waals surface area contributed by atoms with Crippen LogP contribution in [0.1, 0.15) is 35.1 Å². The van der Waals surface area contributed by atoms with E-state index in [0.717, 1.165) is 0 Å². The molecular weight excluding hydrogens is 216 g/mol. The fourth-order valence-corrected chi connectivity index (χ4v) is 2.89. The Balaban J connectivity index is 2.48. The molecule has 0 heterocycles. The van der Waals surface area contributed by atoms with Gasteiger partial charge in [0, 0.05) is 5.92 Å². The summed E-state index contributed by atoms with van der Waals surface area (Å²) >= 11 is 0. The van der Waals surface area contributed by atoms with Crippen LogP contribution < -0.4 is 0 Å². The summed E-state index contributed by atoms with van der Waals surface area (Å²) < 4.78 is 0. The molecule has 1 atom stereocenters. The fraction of sp³-hybridized carbons (Fsp3) is 0.222. The molecule has 0 spiro atoms. The molecule has 0 amide bonds. The molecule has 0 radical (unpaired) electrons. The smallest absolute Gasteiger partial charge is 0.00673 e. The number of fused-ring (bicyclic) bond motifs is 3. The molecule has 0 N–H and O–H groups in total. The summed E-state index contributed by atoms with van der Waals surface area (Å²) in [7, 11) is 0. The van der Waals surface area contributed by atoms with Crippen LogP contribution in [0.4, 0.5) is 0 Å². The summed E-state index contributed by atoms with van der Waals surface area (Å²) in [6.07, 6.45) is 4.34. The van der Waals surface area contributed by atoms with E-state index in [1.807, 2.05) is 0 Å². The third kappa shape index (κ3) is 1.45. The standard InChI is InChI=1S/C18H18/c1-11-5-7-15-9-10-16-8-6-12(2)14(4)18(16)17(15)13(11)3/h5-10,13H,1H2,2-4H3. The number of hydrogen-bond donors (Lipinski definition) is 0. The molecular formula is C18H18.